The number of hydrogen-bond donors (Lipinski definition) is 2. The standard InChI is InChI=1S/C13H14N6OS2/c1-19-3-2-8-9(4-14)12(22-10(8)5-19)17-11(20)6-21-13-15-7-16-18-13/h7H,2-3,5-6H2,1H3,(H,17,20)(H,15,16,18). The van der Waals surface area contributed by atoms with E-state index in [2.05, 4.69) is 38.5 Å². The summed E-state index contributed by atoms with van der Waals surface area (Å²) >= 11 is 2.78. The third-order valence-corrected chi connectivity index (χ3v) is 5.35. The number of nitriles is 1. The van der Waals surface area contributed by atoms with Crippen molar-refractivity contribution in [1.82, 2.24) is 20.1 Å². The van der Waals surface area contributed by atoms with Crippen LogP contribution in [-0.2, 0) is 17.8 Å². The monoisotopic (exact) mass is 334 g/mol. The molecule has 114 valence electrons. The van der Waals surface area contributed by atoms with Crippen molar-refractivity contribution in [1.29, 1.82) is 5.26 Å². The number of fused-ring (bicyclic) bond motifs is 1. The van der Waals surface area contributed by atoms with E-state index in [1.807, 2.05) is 0 Å². The smallest absolute Gasteiger partial charge is 0.235 e. The molecule has 1 aliphatic rings. The number of aromatic amines is 1. The van der Waals surface area contributed by atoms with Crippen molar-refractivity contribution in [3.8, 4) is 6.07 Å². The maximum Gasteiger partial charge on any atom is 0.235 e. The molecule has 22 heavy (non-hydrogen) atoms. The molecular weight excluding hydrogens is 320 g/mol. The number of carbonyl (C=O) groups excluding carboxylic acids is 1. The summed E-state index contributed by atoms with van der Waals surface area (Å²) in [6, 6.07) is 2.24. The molecule has 0 bridgehead atoms. The summed E-state index contributed by atoms with van der Waals surface area (Å²) in [7, 11) is 2.06. The van der Waals surface area contributed by atoms with Gasteiger partial charge < -0.3 is 10.2 Å². The average molecular weight is 334 g/mol. The van der Waals surface area contributed by atoms with Crippen molar-refractivity contribution >= 4 is 34.0 Å². The lowest BCUT2D eigenvalue weighted by atomic mass is 10.0. The first-order chi connectivity index (χ1) is 10.7. The number of nitrogens with one attached hydrogen (secondary N) is 2. The number of nitrogens with zero attached hydrogens (tertiary/aromatic N) is 4. The van der Waals surface area contributed by atoms with Crippen LogP contribution >= 0.6 is 23.1 Å². The molecule has 2 aromatic heterocycles. The Bertz CT molecular complexity index is 718. The summed E-state index contributed by atoms with van der Waals surface area (Å²) in [6.45, 7) is 1.77. The van der Waals surface area contributed by atoms with Crippen molar-refractivity contribution < 1.29 is 4.79 Å². The largest absolute Gasteiger partial charge is 0.316 e. The van der Waals surface area contributed by atoms with Gasteiger partial charge >= 0.3 is 0 Å². The molecule has 7 nitrogen and oxygen atoms in total. The van der Waals surface area contributed by atoms with Gasteiger partial charge in [0.25, 0.3) is 0 Å². The first-order valence-electron chi connectivity index (χ1n) is 6.68. The topological polar surface area (TPSA) is 97.7 Å². The van der Waals surface area contributed by atoms with E-state index in [9.17, 15) is 10.1 Å². The Kier molecular flexibility index (Phi) is 4.42. The number of thiophene rings is 1. The van der Waals surface area contributed by atoms with Crippen LogP contribution in [0.5, 0.6) is 0 Å². The number of thioether (sulfide) groups is 1. The van der Waals surface area contributed by atoms with Crippen LogP contribution in [0.3, 0.4) is 0 Å². The highest BCUT2D eigenvalue weighted by molar-refractivity contribution is 7.99. The van der Waals surface area contributed by atoms with E-state index in [-0.39, 0.29) is 11.7 Å². The van der Waals surface area contributed by atoms with Gasteiger partial charge in [-0.05, 0) is 19.0 Å². The fourth-order valence-corrected chi connectivity index (χ4v) is 4.17. The van der Waals surface area contributed by atoms with Crippen molar-refractivity contribution in [3.63, 3.8) is 0 Å². The molecular formula is C13H14N6OS2. The van der Waals surface area contributed by atoms with Crippen LogP contribution in [0.2, 0.25) is 0 Å². The molecule has 0 atom stereocenters. The Morgan fingerprint density at radius 1 is 1.68 bits per heavy atom. The first-order valence-corrected chi connectivity index (χ1v) is 8.48. The van der Waals surface area contributed by atoms with Gasteiger partial charge in [-0.1, -0.05) is 11.8 Å². The molecule has 3 heterocycles. The summed E-state index contributed by atoms with van der Waals surface area (Å²) < 4.78 is 0. The summed E-state index contributed by atoms with van der Waals surface area (Å²) in [4.78, 5) is 19.4. The van der Waals surface area contributed by atoms with Crippen molar-refractivity contribution in [2.75, 3.05) is 24.7 Å². The Morgan fingerprint density at radius 3 is 3.27 bits per heavy atom. The van der Waals surface area contributed by atoms with Gasteiger partial charge in [0.05, 0.1) is 11.3 Å². The zero-order valence-electron chi connectivity index (χ0n) is 11.9. The second-order valence-corrected chi connectivity index (χ2v) is 7.00. The van der Waals surface area contributed by atoms with Gasteiger partial charge in [-0.25, -0.2) is 4.98 Å². The summed E-state index contributed by atoms with van der Waals surface area (Å²) in [6.07, 6.45) is 2.26. The minimum atomic E-state index is -0.148. The van der Waals surface area contributed by atoms with Crippen LogP contribution in [0.4, 0.5) is 5.00 Å². The van der Waals surface area contributed by atoms with Crippen molar-refractivity contribution in [2.24, 2.45) is 0 Å². The fraction of sp³-hybridized carbons (Fsp3) is 0.385. The van der Waals surface area contributed by atoms with Crippen molar-refractivity contribution in [2.45, 2.75) is 18.1 Å². The highest BCUT2D eigenvalue weighted by Crippen LogP contribution is 2.36. The zero-order chi connectivity index (χ0) is 15.5. The van der Waals surface area contributed by atoms with Crippen LogP contribution in [-0.4, -0.2) is 45.3 Å². The number of hydrogen-bond acceptors (Lipinski definition) is 7. The predicted octanol–water partition coefficient (Wildman–Crippen LogP) is 1.46. The highest BCUT2D eigenvalue weighted by Gasteiger charge is 2.23. The van der Waals surface area contributed by atoms with E-state index >= 15 is 0 Å². The molecule has 1 aliphatic heterocycles. The first kappa shape index (κ1) is 15.0. The van der Waals surface area contributed by atoms with Crippen LogP contribution in [0.25, 0.3) is 0 Å². The summed E-state index contributed by atoms with van der Waals surface area (Å²) in [5.41, 5.74) is 1.70. The van der Waals surface area contributed by atoms with Gasteiger partial charge in [0.1, 0.15) is 17.4 Å². The van der Waals surface area contributed by atoms with E-state index < -0.39 is 0 Å². The third kappa shape index (κ3) is 3.14. The molecule has 9 heteroatoms. The third-order valence-electron chi connectivity index (χ3n) is 3.35. The molecule has 0 fully saturated rings. The van der Waals surface area contributed by atoms with Crippen LogP contribution in [0.1, 0.15) is 16.0 Å². The Labute approximate surface area is 135 Å². The minimum Gasteiger partial charge on any atom is -0.316 e. The SMILES string of the molecule is CN1CCc2c(sc(NC(=O)CSc3ncn[nH]3)c2C#N)C1. The Morgan fingerprint density at radius 2 is 2.55 bits per heavy atom. The molecule has 0 saturated carbocycles. The van der Waals surface area contributed by atoms with E-state index in [1.54, 1.807) is 0 Å². The van der Waals surface area contributed by atoms with E-state index in [4.69, 9.17) is 0 Å². The predicted molar refractivity (Wildman–Crippen MR) is 84.8 cm³/mol. The maximum atomic E-state index is 12.0. The van der Waals surface area contributed by atoms with Gasteiger partial charge in [-0.3, -0.25) is 9.89 Å². The number of rotatable bonds is 4. The Hall–Kier alpha value is -1.89. The quantitative estimate of drug-likeness (QED) is 0.822. The zero-order valence-corrected chi connectivity index (χ0v) is 13.6. The molecule has 0 unspecified atom stereocenters. The number of aromatic nitrogens is 3. The second kappa shape index (κ2) is 6.48. The van der Waals surface area contributed by atoms with E-state index in [0.29, 0.717) is 15.7 Å². The number of anilines is 1. The number of amides is 1. The lowest BCUT2D eigenvalue weighted by Crippen LogP contribution is -2.25. The molecule has 0 radical (unpaired) electrons. The lowest BCUT2D eigenvalue weighted by molar-refractivity contribution is -0.113. The molecule has 3 rings (SSSR count). The summed E-state index contributed by atoms with van der Waals surface area (Å²) in [5, 5.41) is 19.9. The van der Waals surface area contributed by atoms with Gasteiger partial charge in [-0.15, -0.1) is 11.3 Å². The van der Waals surface area contributed by atoms with Crippen LogP contribution < -0.4 is 5.32 Å². The molecule has 2 aromatic rings. The molecule has 0 aliphatic carbocycles. The number of likely N-dealkylation sites (N-methyl/N-ethyl adjacent to an activating group) is 1. The van der Waals surface area contributed by atoms with Gasteiger partial charge in [-0.2, -0.15) is 10.4 Å². The molecule has 0 aromatic carbocycles. The molecule has 0 spiro atoms. The number of H-pyrrole nitrogens is 1. The Balaban J connectivity index is 1.69. The maximum absolute atomic E-state index is 12.0. The lowest BCUT2D eigenvalue weighted by Gasteiger charge is -2.21. The minimum absolute atomic E-state index is 0.148. The van der Waals surface area contributed by atoms with Crippen molar-refractivity contribution in [3.05, 3.63) is 22.3 Å². The van der Waals surface area contributed by atoms with Gasteiger partial charge in [0.15, 0.2) is 5.16 Å². The molecule has 0 saturated heterocycles. The second-order valence-electron chi connectivity index (χ2n) is 4.93. The van der Waals surface area contributed by atoms with Crippen LogP contribution in [0, 0.1) is 11.3 Å². The molecule has 1 amide bonds. The van der Waals surface area contributed by atoms with E-state index in [1.165, 1.54) is 34.3 Å². The van der Waals surface area contributed by atoms with Gasteiger partial charge in [0.2, 0.25) is 5.91 Å². The van der Waals surface area contributed by atoms with E-state index in [0.717, 1.165) is 25.1 Å². The van der Waals surface area contributed by atoms with Gasteiger partial charge in [0, 0.05) is 18.0 Å². The highest BCUT2D eigenvalue weighted by atomic mass is 32.2. The fourth-order valence-electron chi connectivity index (χ4n) is 2.30. The summed E-state index contributed by atoms with van der Waals surface area (Å²) in [5.74, 6) is 0.0764. The normalized spacial score (nSPS) is 14.4. The molecule has 2 N–H and O–H groups in total. The van der Waals surface area contributed by atoms with Crippen LogP contribution in [0.15, 0.2) is 11.5 Å². The average Bonchev–Trinajstić information content (AvgIpc) is 3.11. The number of carbonyl (C=O) groups is 1.